The van der Waals surface area contributed by atoms with Gasteiger partial charge in [0.2, 0.25) is 0 Å². The molecule has 12 aromatic heterocycles. The molecule has 12 nitrogen and oxygen atoms in total. The average molecular weight is 1280 g/mol. The van der Waals surface area contributed by atoms with Gasteiger partial charge in [-0.15, -0.1) is 0 Å². The van der Waals surface area contributed by atoms with Gasteiger partial charge < -0.3 is 39.8 Å². The summed E-state index contributed by atoms with van der Waals surface area (Å²) in [7, 11) is 0. The Hall–Kier alpha value is -13.7. The van der Waals surface area contributed by atoms with Crippen molar-refractivity contribution in [2.45, 2.75) is 0 Å². The van der Waals surface area contributed by atoms with Crippen molar-refractivity contribution in [2.24, 2.45) is 0 Å². The highest BCUT2D eigenvalue weighted by atomic mass is 16.4. The Morgan fingerprint density at radius 1 is 0.192 bits per heavy atom. The topological polar surface area (TPSA) is 157 Å². The van der Waals surface area contributed by atoms with Gasteiger partial charge in [0.1, 0.15) is 100 Å². The number of aromatic nitrogens is 3. The lowest BCUT2D eigenvalue weighted by Crippen LogP contribution is -1.84. The first-order valence-corrected chi connectivity index (χ1v) is 32.6. The summed E-state index contributed by atoms with van der Waals surface area (Å²) in [5, 5.41) is 18.8. The molecule has 0 saturated carbocycles. The summed E-state index contributed by atoms with van der Waals surface area (Å²) in [5.74, 6) is 0. The van der Waals surface area contributed by atoms with Gasteiger partial charge in [-0.25, -0.2) is 0 Å². The van der Waals surface area contributed by atoms with E-state index < -0.39 is 0 Å². The van der Waals surface area contributed by atoms with Crippen LogP contribution in [-0.2, 0) is 0 Å². The van der Waals surface area contributed by atoms with Gasteiger partial charge in [-0.05, 0) is 138 Å². The van der Waals surface area contributed by atoms with E-state index in [1.807, 2.05) is 207 Å². The van der Waals surface area contributed by atoms with E-state index >= 15 is 0 Å². The van der Waals surface area contributed by atoms with Crippen LogP contribution in [-0.4, -0.2) is 15.0 Å². The average Bonchev–Trinajstić information content (AvgIpc) is 1.56. The van der Waals surface area contributed by atoms with E-state index in [2.05, 4.69) is 75.6 Å². The summed E-state index contributed by atoms with van der Waals surface area (Å²) < 4.78 is 57.3. The second-order valence-corrected chi connectivity index (χ2v) is 25.0. The van der Waals surface area contributed by atoms with E-state index in [0.717, 1.165) is 231 Å². The van der Waals surface area contributed by atoms with Crippen LogP contribution in [0.4, 0.5) is 0 Å². The van der Waals surface area contributed by atoms with Crippen molar-refractivity contribution in [3.05, 3.63) is 274 Å². The first-order valence-electron chi connectivity index (χ1n) is 32.6. The molecular formula is C87H45N3O9. The molecule has 0 unspecified atom stereocenters. The fraction of sp³-hybridized carbons (Fsp3) is 0. The first kappa shape index (κ1) is 53.6. The highest BCUT2D eigenvalue weighted by Gasteiger charge is 2.28. The van der Waals surface area contributed by atoms with Crippen molar-refractivity contribution in [3.63, 3.8) is 0 Å². The quantitative estimate of drug-likeness (QED) is 0.165. The molecule has 0 N–H and O–H groups in total. The number of pyridine rings is 3. The number of hydrogen-bond donors (Lipinski definition) is 0. The number of nitrogens with zero attached hydrogens (tertiary/aromatic N) is 3. The molecule has 0 saturated heterocycles. The Balaban J connectivity index is 0.0000000949. The van der Waals surface area contributed by atoms with Crippen molar-refractivity contribution in [3.8, 4) is 33.5 Å². The fourth-order valence-electron chi connectivity index (χ4n) is 15.6. The summed E-state index contributed by atoms with van der Waals surface area (Å²) in [6.07, 6.45) is 9.11. The molecule has 99 heavy (non-hydrogen) atoms. The lowest BCUT2D eigenvalue weighted by Gasteiger charge is -2.04. The standard InChI is InChI=1S/3C29H15NO3/c1-4-11-21-16(7-1)25-18(19-9-5-6-14-30-19)15-24-28(29(25)33-21)27-23(32-24)13-12-22-26(27)17-8-2-3-10-20(17)31-22;1-4-10-21-17(7-1)25-19(16-6-5-13-30-15-16)14-24-28(29(25)33-21)27-23(32-24)12-11-22-26(27)18-8-2-3-9-20(18)31-22;1-4-8-21-17(5-1)25-19(16-11-13-30-14-12-16)15-24-28(29(25)33-21)27-23(32-24)10-9-22-26(27)18-6-2-3-7-20(18)31-22/h3*1-15H. The molecule has 24 aromatic rings. The van der Waals surface area contributed by atoms with Crippen molar-refractivity contribution in [2.75, 3.05) is 0 Å². The highest BCUT2D eigenvalue weighted by Crippen LogP contribution is 2.52. The molecule has 12 aromatic carbocycles. The third-order valence-corrected chi connectivity index (χ3v) is 19.7. The van der Waals surface area contributed by atoms with Crippen molar-refractivity contribution < 1.29 is 39.8 Å². The predicted molar refractivity (Wildman–Crippen MR) is 395 cm³/mol. The molecule has 12 heterocycles. The van der Waals surface area contributed by atoms with Crippen molar-refractivity contribution in [1.29, 1.82) is 0 Å². The Kier molecular flexibility index (Phi) is 11.1. The maximum Gasteiger partial charge on any atom is 0.147 e. The van der Waals surface area contributed by atoms with Crippen LogP contribution < -0.4 is 0 Å². The van der Waals surface area contributed by atoms with Crippen LogP contribution in [0.2, 0.25) is 0 Å². The third-order valence-electron chi connectivity index (χ3n) is 19.7. The Bertz CT molecular complexity index is 6780. The van der Waals surface area contributed by atoms with E-state index in [-0.39, 0.29) is 0 Å². The zero-order valence-corrected chi connectivity index (χ0v) is 52.0. The zero-order chi connectivity index (χ0) is 64.6. The van der Waals surface area contributed by atoms with Gasteiger partial charge in [0.25, 0.3) is 0 Å². The monoisotopic (exact) mass is 1280 g/mol. The highest BCUT2D eigenvalue weighted by molar-refractivity contribution is 6.36. The maximum absolute atomic E-state index is 6.53. The summed E-state index contributed by atoms with van der Waals surface area (Å²) >= 11 is 0. The van der Waals surface area contributed by atoms with Gasteiger partial charge in [0, 0.05) is 123 Å². The summed E-state index contributed by atoms with van der Waals surface area (Å²) in [6, 6.07) is 81.1. The lowest BCUT2D eigenvalue weighted by molar-refractivity contribution is 0.660. The number of fused-ring (bicyclic) bond motifs is 33. The number of furan rings is 9. The predicted octanol–water partition coefficient (Wildman–Crippen LogP) is 25.3. The number of benzene rings is 12. The van der Waals surface area contributed by atoms with Crippen LogP contribution in [0.15, 0.2) is 313 Å². The fourth-order valence-corrected chi connectivity index (χ4v) is 15.6. The van der Waals surface area contributed by atoms with Crippen LogP contribution >= 0.6 is 0 Å². The number of para-hydroxylation sites is 6. The molecular weight excluding hydrogens is 1230 g/mol. The molecule has 24 rings (SSSR count). The SMILES string of the molecule is c1ccc(-c2cc3oc4ccc5oc6ccccc6c5c4c3c3oc4ccccc4c23)nc1.c1ccc2c(c1)oc1c2c(-c2ccncc2)cc2oc3ccc4oc5ccccc5c4c3c21.c1cncc(-c2cc3oc4ccc5oc6ccccc6c5c4c3c3oc4ccccc4c23)c1. The smallest absolute Gasteiger partial charge is 0.147 e. The molecule has 0 amide bonds. The minimum Gasteiger partial charge on any atom is -0.456 e. The molecule has 0 aliphatic carbocycles. The van der Waals surface area contributed by atoms with Crippen LogP contribution in [0.5, 0.6) is 0 Å². The molecule has 0 bridgehead atoms. The molecule has 462 valence electrons. The van der Waals surface area contributed by atoms with E-state index in [0.29, 0.717) is 0 Å². The van der Waals surface area contributed by atoms with Gasteiger partial charge in [-0.2, -0.15) is 0 Å². The number of rotatable bonds is 3. The van der Waals surface area contributed by atoms with Crippen molar-refractivity contribution >= 4 is 197 Å². The normalized spacial score (nSPS) is 12.2. The molecule has 0 aliphatic heterocycles. The summed E-state index contributed by atoms with van der Waals surface area (Å²) in [4.78, 5) is 13.2. The zero-order valence-electron chi connectivity index (χ0n) is 52.0. The molecule has 0 atom stereocenters. The van der Waals surface area contributed by atoms with E-state index in [1.165, 1.54) is 0 Å². The van der Waals surface area contributed by atoms with E-state index in [1.54, 1.807) is 6.20 Å². The van der Waals surface area contributed by atoms with Gasteiger partial charge in [-0.1, -0.05) is 121 Å². The van der Waals surface area contributed by atoms with Gasteiger partial charge in [0.15, 0.2) is 0 Å². The van der Waals surface area contributed by atoms with Gasteiger partial charge in [-0.3, -0.25) is 15.0 Å². The van der Waals surface area contributed by atoms with Crippen LogP contribution in [0.3, 0.4) is 0 Å². The van der Waals surface area contributed by atoms with E-state index in [9.17, 15) is 0 Å². The van der Waals surface area contributed by atoms with Crippen LogP contribution in [0.25, 0.3) is 231 Å². The molecule has 0 radical (unpaired) electrons. The second-order valence-electron chi connectivity index (χ2n) is 25.0. The van der Waals surface area contributed by atoms with Crippen molar-refractivity contribution in [1.82, 2.24) is 15.0 Å². The van der Waals surface area contributed by atoms with Crippen LogP contribution in [0, 0.1) is 0 Å². The minimum absolute atomic E-state index is 0.773. The molecule has 0 fully saturated rings. The van der Waals surface area contributed by atoms with Gasteiger partial charge in [0.05, 0.1) is 21.9 Å². The minimum atomic E-state index is 0.773. The maximum atomic E-state index is 6.53. The Morgan fingerprint density at radius 2 is 0.525 bits per heavy atom. The third kappa shape index (κ3) is 7.76. The van der Waals surface area contributed by atoms with Crippen LogP contribution in [0.1, 0.15) is 0 Å². The first-order chi connectivity index (χ1) is 49.1. The Labute approximate surface area is 556 Å². The Morgan fingerprint density at radius 3 is 0.909 bits per heavy atom. The molecule has 12 heteroatoms. The molecule has 0 spiro atoms. The largest absolute Gasteiger partial charge is 0.456 e. The summed E-state index contributed by atoms with van der Waals surface area (Å²) in [5.41, 5.74) is 21.0. The second kappa shape index (κ2) is 20.4. The number of hydrogen-bond acceptors (Lipinski definition) is 12. The van der Waals surface area contributed by atoms with E-state index in [4.69, 9.17) is 39.8 Å². The van der Waals surface area contributed by atoms with Gasteiger partial charge >= 0.3 is 0 Å². The molecule has 0 aliphatic rings. The lowest BCUT2D eigenvalue weighted by atomic mass is 9.97. The summed E-state index contributed by atoms with van der Waals surface area (Å²) in [6.45, 7) is 0.